The lowest BCUT2D eigenvalue weighted by atomic mass is 10.0. The summed E-state index contributed by atoms with van der Waals surface area (Å²) in [5.74, 6) is 0.791. The highest BCUT2D eigenvalue weighted by Gasteiger charge is 2.14. The number of halogens is 1. The predicted octanol–water partition coefficient (Wildman–Crippen LogP) is 2.06. The molecule has 0 aliphatic carbocycles. The van der Waals surface area contributed by atoms with E-state index < -0.39 is 0 Å². The van der Waals surface area contributed by atoms with Crippen molar-refractivity contribution in [1.82, 2.24) is 15.3 Å². The number of likely N-dealkylation sites (N-methyl/N-ethyl adjacent to an activating group) is 1. The van der Waals surface area contributed by atoms with Gasteiger partial charge in [0, 0.05) is 24.9 Å². The fraction of sp³-hybridized carbons (Fsp3) is 0.308. The van der Waals surface area contributed by atoms with Gasteiger partial charge in [-0.2, -0.15) is 0 Å². The van der Waals surface area contributed by atoms with Gasteiger partial charge in [0.2, 0.25) is 0 Å². The summed E-state index contributed by atoms with van der Waals surface area (Å²) in [7, 11) is 3.33. The average Bonchev–Trinajstić information content (AvgIpc) is 2.89. The Morgan fingerprint density at radius 3 is 2.94 bits per heavy atom. The van der Waals surface area contributed by atoms with E-state index >= 15 is 0 Å². The molecule has 0 bridgehead atoms. The minimum Gasteiger partial charge on any atom is -0.494 e. The summed E-state index contributed by atoms with van der Waals surface area (Å²) in [6, 6.07) is 4.94. The fourth-order valence-corrected chi connectivity index (χ4v) is 1.88. The summed E-state index contributed by atoms with van der Waals surface area (Å²) in [6.07, 6.45) is 4.21. The number of hydrogen-bond acceptors (Lipinski definition) is 3. The van der Waals surface area contributed by atoms with Crippen LogP contribution >= 0.6 is 0 Å². The molecule has 96 valence electrons. The molecule has 0 spiro atoms. The van der Waals surface area contributed by atoms with Crippen LogP contribution in [0.4, 0.5) is 4.39 Å². The molecule has 0 aliphatic heterocycles. The molecule has 0 saturated carbocycles. The third-order valence-corrected chi connectivity index (χ3v) is 2.88. The normalized spacial score (nSPS) is 12.4. The Labute approximate surface area is 105 Å². The summed E-state index contributed by atoms with van der Waals surface area (Å²) in [5, 5.41) is 3.19. The van der Waals surface area contributed by atoms with Crippen LogP contribution in [0.3, 0.4) is 0 Å². The van der Waals surface area contributed by atoms with Gasteiger partial charge >= 0.3 is 0 Å². The molecule has 0 aliphatic rings. The third kappa shape index (κ3) is 2.68. The van der Waals surface area contributed by atoms with Crippen LogP contribution in [0.2, 0.25) is 0 Å². The van der Waals surface area contributed by atoms with Crippen LogP contribution < -0.4 is 10.1 Å². The van der Waals surface area contributed by atoms with Gasteiger partial charge in [0.25, 0.3) is 0 Å². The topological polar surface area (TPSA) is 49.9 Å². The zero-order valence-electron chi connectivity index (χ0n) is 10.4. The molecule has 2 aromatic rings. The lowest BCUT2D eigenvalue weighted by Crippen LogP contribution is -2.19. The minimum atomic E-state index is -0.353. The standard InChI is InChI=1S/C13H16FN3O/c1-15-11(8-13-16-5-6-17-13)9-3-4-10(14)12(7-9)18-2/h3-7,11,15H,8H2,1-2H3,(H,16,17). The van der Waals surface area contributed by atoms with E-state index in [-0.39, 0.29) is 17.6 Å². The van der Waals surface area contributed by atoms with E-state index in [9.17, 15) is 4.39 Å². The lowest BCUT2D eigenvalue weighted by Gasteiger charge is -2.16. The zero-order valence-corrected chi connectivity index (χ0v) is 10.4. The van der Waals surface area contributed by atoms with Crippen molar-refractivity contribution in [2.24, 2.45) is 0 Å². The van der Waals surface area contributed by atoms with Gasteiger partial charge in [-0.25, -0.2) is 9.37 Å². The molecule has 0 amide bonds. The number of imidazole rings is 1. The SMILES string of the molecule is CNC(Cc1ncc[nH]1)c1ccc(F)c(OC)c1. The fourth-order valence-electron chi connectivity index (χ4n) is 1.88. The molecule has 18 heavy (non-hydrogen) atoms. The van der Waals surface area contributed by atoms with Crippen molar-refractivity contribution >= 4 is 0 Å². The molecule has 1 unspecified atom stereocenters. The Kier molecular flexibility index (Phi) is 3.94. The van der Waals surface area contributed by atoms with Crippen molar-refractivity contribution in [3.63, 3.8) is 0 Å². The molecule has 1 heterocycles. The van der Waals surface area contributed by atoms with Gasteiger partial charge in [-0.05, 0) is 24.7 Å². The molecular formula is C13H16FN3O. The van der Waals surface area contributed by atoms with Gasteiger partial charge in [0.05, 0.1) is 7.11 Å². The number of benzene rings is 1. The first-order valence-electron chi connectivity index (χ1n) is 5.73. The zero-order chi connectivity index (χ0) is 13.0. The van der Waals surface area contributed by atoms with Crippen LogP contribution in [0.15, 0.2) is 30.6 Å². The van der Waals surface area contributed by atoms with Crippen LogP contribution in [0.1, 0.15) is 17.4 Å². The maximum Gasteiger partial charge on any atom is 0.165 e. The molecule has 4 nitrogen and oxygen atoms in total. The van der Waals surface area contributed by atoms with E-state index in [2.05, 4.69) is 15.3 Å². The lowest BCUT2D eigenvalue weighted by molar-refractivity contribution is 0.385. The van der Waals surface area contributed by atoms with Crippen molar-refractivity contribution in [1.29, 1.82) is 0 Å². The largest absolute Gasteiger partial charge is 0.494 e. The smallest absolute Gasteiger partial charge is 0.165 e. The maximum atomic E-state index is 13.4. The number of hydrogen-bond donors (Lipinski definition) is 2. The van der Waals surface area contributed by atoms with Gasteiger partial charge < -0.3 is 15.0 Å². The number of nitrogens with one attached hydrogen (secondary N) is 2. The highest BCUT2D eigenvalue weighted by Crippen LogP contribution is 2.24. The van der Waals surface area contributed by atoms with Crippen molar-refractivity contribution in [3.05, 3.63) is 47.8 Å². The van der Waals surface area contributed by atoms with E-state index in [0.29, 0.717) is 6.42 Å². The second-order valence-corrected chi connectivity index (χ2v) is 3.98. The molecule has 0 fully saturated rings. The van der Waals surface area contributed by atoms with Crippen LogP contribution in [0, 0.1) is 5.82 Å². The van der Waals surface area contributed by atoms with Crippen molar-refractivity contribution in [2.45, 2.75) is 12.5 Å². The van der Waals surface area contributed by atoms with Gasteiger partial charge in [0.1, 0.15) is 5.82 Å². The summed E-state index contributed by atoms with van der Waals surface area (Å²) in [6.45, 7) is 0. The van der Waals surface area contributed by atoms with E-state index in [1.54, 1.807) is 24.5 Å². The van der Waals surface area contributed by atoms with Gasteiger partial charge in [0.15, 0.2) is 11.6 Å². The molecule has 2 rings (SSSR count). The van der Waals surface area contributed by atoms with Crippen LogP contribution in [-0.2, 0) is 6.42 Å². The van der Waals surface area contributed by atoms with E-state index in [4.69, 9.17) is 4.74 Å². The first-order valence-corrected chi connectivity index (χ1v) is 5.73. The summed E-state index contributed by atoms with van der Waals surface area (Å²) < 4.78 is 18.3. The molecule has 1 aromatic carbocycles. The monoisotopic (exact) mass is 249 g/mol. The highest BCUT2D eigenvalue weighted by molar-refractivity contribution is 5.32. The third-order valence-electron chi connectivity index (χ3n) is 2.88. The van der Waals surface area contributed by atoms with Crippen LogP contribution in [0.25, 0.3) is 0 Å². The predicted molar refractivity (Wildman–Crippen MR) is 67.0 cm³/mol. The average molecular weight is 249 g/mol. The second-order valence-electron chi connectivity index (χ2n) is 3.98. The Bertz CT molecular complexity index is 499. The molecule has 1 aromatic heterocycles. The van der Waals surface area contributed by atoms with Crippen molar-refractivity contribution in [2.75, 3.05) is 14.2 Å². The number of aromatic amines is 1. The van der Waals surface area contributed by atoms with E-state index in [0.717, 1.165) is 11.4 Å². The van der Waals surface area contributed by atoms with Crippen molar-refractivity contribution in [3.8, 4) is 5.75 Å². The number of rotatable bonds is 5. The molecular weight excluding hydrogens is 233 g/mol. The number of H-pyrrole nitrogens is 1. The summed E-state index contributed by atoms with van der Waals surface area (Å²) in [5.41, 5.74) is 0.965. The first kappa shape index (κ1) is 12.6. The minimum absolute atomic E-state index is 0.0608. The van der Waals surface area contributed by atoms with E-state index in [1.165, 1.54) is 13.2 Å². The molecule has 0 saturated heterocycles. The van der Waals surface area contributed by atoms with Gasteiger partial charge in [-0.3, -0.25) is 0 Å². The highest BCUT2D eigenvalue weighted by atomic mass is 19.1. The van der Waals surface area contributed by atoms with Crippen LogP contribution in [0.5, 0.6) is 5.75 Å². The summed E-state index contributed by atoms with van der Waals surface area (Å²) >= 11 is 0. The van der Waals surface area contributed by atoms with Gasteiger partial charge in [-0.15, -0.1) is 0 Å². The van der Waals surface area contributed by atoms with Gasteiger partial charge in [-0.1, -0.05) is 6.07 Å². The number of ether oxygens (including phenoxy) is 1. The Morgan fingerprint density at radius 1 is 1.50 bits per heavy atom. The Morgan fingerprint density at radius 2 is 2.33 bits per heavy atom. The Balaban J connectivity index is 2.21. The second kappa shape index (κ2) is 5.64. The van der Waals surface area contributed by atoms with E-state index in [1.807, 2.05) is 7.05 Å². The summed E-state index contributed by atoms with van der Waals surface area (Å²) in [4.78, 5) is 7.24. The molecule has 1 atom stereocenters. The number of methoxy groups -OCH3 is 1. The maximum absolute atomic E-state index is 13.4. The molecule has 2 N–H and O–H groups in total. The van der Waals surface area contributed by atoms with Crippen LogP contribution in [-0.4, -0.2) is 24.1 Å². The molecule has 0 radical (unpaired) electrons. The Hall–Kier alpha value is -1.88. The number of nitrogens with zero attached hydrogens (tertiary/aromatic N) is 1. The first-order chi connectivity index (χ1) is 8.74. The van der Waals surface area contributed by atoms with Crippen molar-refractivity contribution < 1.29 is 9.13 Å². The number of aromatic nitrogens is 2. The molecule has 5 heteroatoms. The quantitative estimate of drug-likeness (QED) is 0.852.